The van der Waals surface area contributed by atoms with E-state index in [2.05, 4.69) is 28.7 Å². The zero-order valence-corrected chi connectivity index (χ0v) is 19.6. The third-order valence-electron chi connectivity index (χ3n) is 7.35. The normalized spacial score (nSPS) is 22.5. The summed E-state index contributed by atoms with van der Waals surface area (Å²) < 4.78 is 12.4. The molecule has 1 saturated heterocycles. The molecule has 2 fully saturated rings. The lowest BCUT2D eigenvalue weighted by molar-refractivity contribution is -0.0578. The lowest BCUT2D eigenvalue weighted by Gasteiger charge is -2.47. The molecule has 1 saturated carbocycles. The Balaban J connectivity index is 1.64. The van der Waals surface area contributed by atoms with Crippen LogP contribution in [0, 0.1) is 0 Å². The molecule has 0 spiro atoms. The van der Waals surface area contributed by atoms with Crippen LogP contribution in [-0.4, -0.2) is 72.7 Å². The van der Waals surface area contributed by atoms with Crippen LogP contribution >= 0.6 is 0 Å². The molecule has 0 amide bonds. The Morgan fingerprint density at radius 3 is 2.48 bits per heavy atom. The zero-order chi connectivity index (χ0) is 22.1. The molecule has 1 aliphatic carbocycles. The number of methoxy groups -OCH3 is 2. The SMILES string of the molecule is CCc1c(C(=O)OC)cc2c(cnn2C)c1N(CC)C1CCC(N2CC(OC)C2)CC1. The quantitative estimate of drug-likeness (QED) is 0.630. The van der Waals surface area contributed by atoms with Gasteiger partial charge in [-0.3, -0.25) is 9.58 Å². The van der Waals surface area contributed by atoms with Crippen molar-refractivity contribution < 1.29 is 14.3 Å². The largest absolute Gasteiger partial charge is 0.465 e. The van der Waals surface area contributed by atoms with E-state index in [1.165, 1.54) is 38.5 Å². The number of carbonyl (C=O) groups excluding carboxylic acids is 1. The van der Waals surface area contributed by atoms with Gasteiger partial charge in [0.2, 0.25) is 0 Å². The molecule has 1 aliphatic heterocycles. The Bertz CT molecular complexity index is 927. The summed E-state index contributed by atoms with van der Waals surface area (Å²) >= 11 is 0. The van der Waals surface area contributed by atoms with Gasteiger partial charge in [-0.25, -0.2) is 4.79 Å². The van der Waals surface area contributed by atoms with Crippen LogP contribution < -0.4 is 4.90 Å². The number of nitrogens with zero attached hydrogens (tertiary/aromatic N) is 4. The fourth-order valence-corrected chi connectivity index (χ4v) is 5.54. The van der Waals surface area contributed by atoms with E-state index in [0.29, 0.717) is 23.8 Å². The summed E-state index contributed by atoms with van der Waals surface area (Å²) in [5.74, 6) is -0.272. The van der Waals surface area contributed by atoms with Crippen LogP contribution in [0.25, 0.3) is 10.9 Å². The minimum atomic E-state index is -0.272. The fourth-order valence-electron chi connectivity index (χ4n) is 5.54. The van der Waals surface area contributed by atoms with Crippen LogP contribution in [0.5, 0.6) is 0 Å². The molecule has 4 rings (SSSR count). The maximum absolute atomic E-state index is 12.6. The summed E-state index contributed by atoms with van der Waals surface area (Å²) in [6.45, 7) is 7.39. The van der Waals surface area contributed by atoms with Gasteiger partial charge in [0.05, 0.1) is 36.2 Å². The number of rotatable bonds is 7. The standard InChI is InChI=1S/C24H36N4O3/c1-6-19-20(24(29)31-5)12-22-21(13-25-26(22)3)23(19)28(7-2)17-10-8-16(9-11-17)27-14-18(15-27)30-4/h12-13,16-18H,6-11,14-15H2,1-5H3. The van der Waals surface area contributed by atoms with Crippen molar-refractivity contribution in [1.82, 2.24) is 14.7 Å². The molecule has 1 aromatic heterocycles. The van der Waals surface area contributed by atoms with Gasteiger partial charge >= 0.3 is 5.97 Å². The summed E-state index contributed by atoms with van der Waals surface area (Å²) in [6, 6.07) is 3.09. The molecule has 2 heterocycles. The van der Waals surface area contributed by atoms with Gasteiger partial charge in [0.15, 0.2) is 0 Å². The average molecular weight is 429 g/mol. The van der Waals surface area contributed by atoms with Crippen molar-refractivity contribution in [2.45, 2.75) is 64.1 Å². The van der Waals surface area contributed by atoms with Crippen LogP contribution in [0.1, 0.15) is 55.5 Å². The molecule has 0 unspecified atom stereocenters. The van der Waals surface area contributed by atoms with Crippen LogP contribution in [0.3, 0.4) is 0 Å². The van der Waals surface area contributed by atoms with E-state index in [9.17, 15) is 4.79 Å². The predicted molar refractivity (Wildman–Crippen MR) is 123 cm³/mol. The second-order valence-electron chi connectivity index (χ2n) is 8.86. The number of benzene rings is 1. The smallest absolute Gasteiger partial charge is 0.338 e. The molecule has 0 atom stereocenters. The molecule has 7 nitrogen and oxygen atoms in total. The molecule has 2 aromatic rings. The van der Waals surface area contributed by atoms with Gasteiger partial charge in [0.1, 0.15) is 0 Å². The van der Waals surface area contributed by atoms with Gasteiger partial charge in [-0.05, 0) is 50.7 Å². The first-order valence-corrected chi connectivity index (χ1v) is 11.6. The molecular formula is C24H36N4O3. The summed E-state index contributed by atoms with van der Waals surface area (Å²) in [7, 11) is 5.20. The summed E-state index contributed by atoms with van der Waals surface area (Å²) in [4.78, 5) is 17.7. The van der Waals surface area contributed by atoms with Crippen LogP contribution in [0.2, 0.25) is 0 Å². The van der Waals surface area contributed by atoms with Crippen molar-refractivity contribution in [3.63, 3.8) is 0 Å². The maximum atomic E-state index is 12.6. The first-order valence-electron chi connectivity index (χ1n) is 11.6. The van der Waals surface area contributed by atoms with E-state index in [0.717, 1.165) is 42.5 Å². The Hall–Kier alpha value is -2.12. The number of fused-ring (bicyclic) bond motifs is 1. The summed E-state index contributed by atoms with van der Waals surface area (Å²) in [5.41, 5.74) is 3.88. The molecule has 1 aromatic carbocycles. The highest BCUT2D eigenvalue weighted by molar-refractivity contribution is 6.03. The number of carbonyl (C=O) groups is 1. The van der Waals surface area contributed by atoms with Crippen molar-refractivity contribution in [2.75, 3.05) is 38.8 Å². The highest BCUT2D eigenvalue weighted by atomic mass is 16.5. The number of likely N-dealkylation sites (tertiary alicyclic amines) is 1. The zero-order valence-electron chi connectivity index (χ0n) is 19.6. The Morgan fingerprint density at radius 1 is 1.19 bits per heavy atom. The number of hydrogen-bond donors (Lipinski definition) is 0. The Kier molecular flexibility index (Phi) is 6.53. The number of anilines is 1. The van der Waals surface area contributed by atoms with Crippen molar-refractivity contribution >= 4 is 22.6 Å². The summed E-state index contributed by atoms with van der Waals surface area (Å²) in [6.07, 6.45) is 7.90. The van der Waals surface area contributed by atoms with Crippen molar-refractivity contribution in [3.8, 4) is 0 Å². The van der Waals surface area contributed by atoms with E-state index < -0.39 is 0 Å². The van der Waals surface area contributed by atoms with E-state index in [1.807, 2.05) is 31.1 Å². The van der Waals surface area contributed by atoms with Crippen molar-refractivity contribution in [1.29, 1.82) is 0 Å². The second-order valence-corrected chi connectivity index (χ2v) is 8.86. The van der Waals surface area contributed by atoms with Gasteiger partial charge in [-0.1, -0.05) is 6.92 Å². The van der Waals surface area contributed by atoms with Crippen LogP contribution in [0.15, 0.2) is 12.3 Å². The second kappa shape index (κ2) is 9.17. The number of hydrogen-bond acceptors (Lipinski definition) is 6. The highest BCUT2D eigenvalue weighted by Crippen LogP contribution is 2.39. The number of aryl methyl sites for hydroxylation is 1. The maximum Gasteiger partial charge on any atom is 0.338 e. The number of esters is 1. The van der Waals surface area contributed by atoms with Gasteiger partial charge < -0.3 is 14.4 Å². The van der Waals surface area contributed by atoms with Crippen LogP contribution in [0.4, 0.5) is 5.69 Å². The van der Waals surface area contributed by atoms with E-state index in [-0.39, 0.29) is 5.97 Å². The van der Waals surface area contributed by atoms with Crippen molar-refractivity contribution in [3.05, 3.63) is 23.4 Å². The molecular weight excluding hydrogens is 392 g/mol. The topological polar surface area (TPSA) is 59.8 Å². The van der Waals surface area contributed by atoms with E-state index in [1.54, 1.807) is 0 Å². The molecule has 2 aliphatic rings. The lowest BCUT2D eigenvalue weighted by Crippen LogP contribution is -2.57. The monoisotopic (exact) mass is 428 g/mol. The third-order valence-corrected chi connectivity index (χ3v) is 7.35. The van der Waals surface area contributed by atoms with E-state index in [4.69, 9.17) is 9.47 Å². The first-order chi connectivity index (χ1) is 15.0. The molecule has 0 N–H and O–H groups in total. The first kappa shape index (κ1) is 22.1. The Labute approximate surface area is 185 Å². The highest BCUT2D eigenvalue weighted by Gasteiger charge is 2.36. The predicted octanol–water partition coefficient (Wildman–Crippen LogP) is 3.39. The fraction of sp³-hybridized carbons (Fsp3) is 0.667. The lowest BCUT2D eigenvalue weighted by atomic mass is 9.86. The average Bonchev–Trinajstić information content (AvgIpc) is 3.14. The van der Waals surface area contributed by atoms with Crippen LogP contribution in [-0.2, 0) is 22.9 Å². The molecule has 7 heteroatoms. The minimum Gasteiger partial charge on any atom is -0.465 e. The Morgan fingerprint density at radius 2 is 1.90 bits per heavy atom. The van der Waals surface area contributed by atoms with Crippen molar-refractivity contribution in [2.24, 2.45) is 7.05 Å². The number of ether oxygens (including phenoxy) is 2. The number of aromatic nitrogens is 2. The molecule has 31 heavy (non-hydrogen) atoms. The minimum absolute atomic E-state index is 0.272. The third kappa shape index (κ3) is 3.94. The summed E-state index contributed by atoms with van der Waals surface area (Å²) in [5, 5.41) is 5.63. The van der Waals surface area contributed by atoms with E-state index >= 15 is 0 Å². The molecule has 0 bridgehead atoms. The van der Waals surface area contributed by atoms with Gasteiger partial charge in [-0.15, -0.1) is 0 Å². The van der Waals surface area contributed by atoms with Gasteiger partial charge in [-0.2, -0.15) is 5.10 Å². The van der Waals surface area contributed by atoms with Gasteiger partial charge in [0, 0.05) is 51.3 Å². The molecule has 170 valence electrons. The van der Waals surface area contributed by atoms with Gasteiger partial charge in [0.25, 0.3) is 0 Å². The molecule has 0 radical (unpaired) electrons.